The van der Waals surface area contributed by atoms with E-state index in [1.165, 1.54) is 5.56 Å². The molecule has 108 valence electrons. The van der Waals surface area contributed by atoms with Crippen LogP contribution in [0.25, 0.3) is 0 Å². The van der Waals surface area contributed by atoms with E-state index in [1.54, 1.807) is 7.11 Å². The number of methoxy groups -OCH3 is 1. The molecule has 0 aliphatic carbocycles. The van der Waals surface area contributed by atoms with Crippen molar-refractivity contribution < 1.29 is 9.15 Å². The number of likely N-dealkylation sites (N-methyl/N-ethyl adjacent to an activating group) is 1. The molecule has 0 radical (unpaired) electrons. The molecule has 0 aliphatic rings. The summed E-state index contributed by atoms with van der Waals surface area (Å²) in [7, 11) is 1.68. The smallest absolute Gasteiger partial charge is 0.169 e. The van der Waals surface area contributed by atoms with Crippen LogP contribution in [0.5, 0.6) is 5.75 Å². The van der Waals surface area contributed by atoms with Crippen LogP contribution in [0.3, 0.4) is 0 Å². The highest BCUT2D eigenvalue weighted by molar-refractivity contribution is 9.10. The fraction of sp³-hybridized carbons (Fsp3) is 0.333. The molecule has 1 heterocycles. The highest BCUT2D eigenvalue weighted by Crippen LogP contribution is 2.29. The maximum Gasteiger partial charge on any atom is 0.169 e. The lowest BCUT2D eigenvalue weighted by Gasteiger charge is -2.17. The molecule has 1 aromatic carbocycles. The van der Waals surface area contributed by atoms with Crippen molar-refractivity contribution in [3.63, 3.8) is 0 Å². The molecule has 0 saturated carbocycles. The third-order valence-corrected chi connectivity index (χ3v) is 4.26. The van der Waals surface area contributed by atoms with Gasteiger partial charge in [0.25, 0.3) is 0 Å². The molecule has 1 unspecified atom stereocenters. The monoisotopic (exact) mass is 401 g/mol. The van der Waals surface area contributed by atoms with Gasteiger partial charge in [-0.25, -0.2) is 0 Å². The Morgan fingerprint density at radius 2 is 2.05 bits per heavy atom. The van der Waals surface area contributed by atoms with Gasteiger partial charge in [-0.3, -0.25) is 0 Å². The molecule has 20 heavy (non-hydrogen) atoms. The zero-order chi connectivity index (χ0) is 14.5. The van der Waals surface area contributed by atoms with Crippen molar-refractivity contribution in [3.8, 4) is 5.75 Å². The Balaban J connectivity index is 2.23. The van der Waals surface area contributed by atoms with E-state index in [2.05, 4.69) is 44.1 Å². The van der Waals surface area contributed by atoms with E-state index in [9.17, 15) is 0 Å². The van der Waals surface area contributed by atoms with Crippen LogP contribution in [0.2, 0.25) is 0 Å². The zero-order valence-corrected chi connectivity index (χ0v) is 14.6. The summed E-state index contributed by atoms with van der Waals surface area (Å²) in [6, 6.07) is 10.0. The van der Waals surface area contributed by atoms with E-state index in [4.69, 9.17) is 9.15 Å². The van der Waals surface area contributed by atoms with E-state index in [1.807, 2.05) is 30.3 Å². The number of ether oxygens (including phenoxy) is 1. The van der Waals surface area contributed by atoms with Gasteiger partial charge in [-0.2, -0.15) is 0 Å². The van der Waals surface area contributed by atoms with Crippen LogP contribution < -0.4 is 10.1 Å². The summed E-state index contributed by atoms with van der Waals surface area (Å²) in [5.74, 6) is 1.78. The first-order chi connectivity index (χ1) is 9.63. The minimum absolute atomic E-state index is 0.134. The lowest BCUT2D eigenvalue weighted by Crippen LogP contribution is -2.22. The molecule has 1 aromatic heterocycles. The quantitative estimate of drug-likeness (QED) is 0.759. The Bertz CT molecular complexity index is 569. The van der Waals surface area contributed by atoms with Gasteiger partial charge in [-0.15, -0.1) is 0 Å². The van der Waals surface area contributed by atoms with Crippen LogP contribution in [0, 0.1) is 0 Å². The number of hydrogen-bond donors (Lipinski definition) is 1. The summed E-state index contributed by atoms with van der Waals surface area (Å²) in [6.07, 6.45) is 0.825. The average molecular weight is 403 g/mol. The van der Waals surface area contributed by atoms with Gasteiger partial charge < -0.3 is 14.5 Å². The van der Waals surface area contributed by atoms with Crippen molar-refractivity contribution in [2.45, 2.75) is 19.4 Å². The van der Waals surface area contributed by atoms with E-state index in [-0.39, 0.29) is 6.04 Å². The Morgan fingerprint density at radius 3 is 2.65 bits per heavy atom. The van der Waals surface area contributed by atoms with Crippen LogP contribution >= 0.6 is 31.9 Å². The minimum atomic E-state index is 0.134. The topological polar surface area (TPSA) is 34.4 Å². The van der Waals surface area contributed by atoms with E-state index in [0.29, 0.717) is 0 Å². The highest BCUT2D eigenvalue weighted by Gasteiger charge is 2.17. The zero-order valence-electron chi connectivity index (χ0n) is 11.5. The van der Waals surface area contributed by atoms with Gasteiger partial charge in [0.05, 0.1) is 13.2 Å². The first-order valence-corrected chi connectivity index (χ1v) is 8.03. The predicted molar refractivity (Wildman–Crippen MR) is 87.2 cm³/mol. The largest absolute Gasteiger partial charge is 0.497 e. The summed E-state index contributed by atoms with van der Waals surface area (Å²) < 4.78 is 12.8. The van der Waals surface area contributed by atoms with Crippen molar-refractivity contribution in [2.75, 3.05) is 13.7 Å². The number of hydrogen-bond acceptors (Lipinski definition) is 3. The second-order valence-electron chi connectivity index (χ2n) is 4.41. The Morgan fingerprint density at radius 1 is 1.25 bits per heavy atom. The number of halogens is 2. The Labute approximate surface area is 136 Å². The van der Waals surface area contributed by atoms with E-state index < -0.39 is 0 Å². The van der Waals surface area contributed by atoms with Gasteiger partial charge in [0, 0.05) is 4.47 Å². The van der Waals surface area contributed by atoms with Crippen molar-refractivity contribution in [1.82, 2.24) is 5.32 Å². The van der Waals surface area contributed by atoms with E-state index >= 15 is 0 Å². The molecule has 2 aromatic rings. The third-order valence-electron chi connectivity index (χ3n) is 3.06. The summed E-state index contributed by atoms with van der Waals surface area (Å²) in [5.41, 5.74) is 1.18. The summed E-state index contributed by atoms with van der Waals surface area (Å²) in [6.45, 7) is 2.97. The van der Waals surface area contributed by atoms with Gasteiger partial charge in [0.2, 0.25) is 0 Å². The molecule has 0 aliphatic heterocycles. The second kappa shape index (κ2) is 7.29. The fourth-order valence-electron chi connectivity index (χ4n) is 2.09. The molecular weight excluding hydrogens is 386 g/mol. The molecule has 0 fully saturated rings. The van der Waals surface area contributed by atoms with Crippen molar-refractivity contribution in [3.05, 3.63) is 50.8 Å². The van der Waals surface area contributed by atoms with Crippen molar-refractivity contribution >= 4 is 31.9 Å². The van der Waals surface area contributed by atoms with Gasteiger partial charge in [0.1, 0.15) is 11.5 Å². The fourth-order valence-corrected chi connectivity index (χ4v) is 2.82. The van der Waals surface area contributed by atoms with Crippen LogP contribution in [-0.2, 0) is 6.42 Å². The second-order valence-corrected chi connectivity index (χ2v) is 6.05. The number of rotatable bonds is 6. The maximum atomic E-state index is 5.67. The minimum Gasteiger partial charge on any atom is -0.497 e. The summed E-state index contributed by atoms with van der Waals surface area (Å²) >= 11 is 6.94. The van der Waals surface area contributed by atoms with E-state index in [0.717, 1.165) is 33.6 Å². The third kappa shape index (κ3) is 3.87. The van der Waals surface area contributed by atoms with Gasteiger partial charge >= 0.3 is 0 Å². The highest BCUT2D eigenvalue weighted by atomic mass is 79.9. The van der Waals surface area contributed by atoms with Crippen molar-refractivity contribution in [2.24, 2.45) is 0 Å². The van der Waals surface area contributed by atoms with Crippen LogP contribution in [0.15, 0.2) is 43.9 Å². The molecule has 0 amide bonds. The predicted octanol–water partition coefficient (Wildman–Crippen LogP) is 4.71. The lowest BCUT2D eigenvalue weighted by atomic mass is 10.0. The van der Waals surface area contributed by atoms with Crippen LogP contribution in [0.1, 0.15) is 24.3 Å². The summed E-state index contributed by atoms with van der Waals surface area (Å²) in [5, 5.41) is 3.45. The molecule has 1 N–H and O–H groups in total. The maximum absolute atomic E-state index is 5.67. The number of benzene rings is 1. The first kappa shape index (κ1) is 15.6. The normalized spacial score (nSPS) is 12.4. The summed E-state index contributed by atoms with van der Waals surface area (Å²) in [4.78, 5) is 0. The van der Waals surface area contributed by atoms with Gasteiger partial charge in [0.15, 0.2) is 4.67 Å². The number of furan rings is 1. The molecule has 1 atom stereocenters. The lowest BCUT2D eigenvalue weighted by molar-refractivity contribution is 0.401. The van der Waals surface area contributed by atoms with Gasteiger partial charge in [-0.1, -0.05) is 22.9 Å². The Kier molecular flexibility index (Phi) is 5.69. The molecule has 2 rings (SSSR count). The molecule has 5 heteroatoms. The molecule has 3 nitrogen and oxygen atoms in total. The standard InChI is InChI=1S/C15H17Br2NO2/c1-3-18-13(14-6-7-15(17)20-14)9-10-8-11(19-2)4-5-12(10)16/h4-8,13,18H,3,9H2,1-2H3. The van der Waals surface area contributed by atoms with Gasteiger partial charge in [-0.05, 0) is 64.8 Å². The Hall–Kier alpha value is -0.780. The SMILES string of the molecule is CCNC(Cc1cc(OC)ccc1Br)c1ccc(Br)o1. The molecule has 0 spiro atoms. The average Bonchev–Trinajstić information content (AvgIpc) is 2.87. The van der Waals surface area contributed by atoms with Crippen molar-refractivity contribution in [1.29, 1.82) is 0 Å². The van der Waals surface area contributed by atoms with Crippen LogP contribution in [0.4, 0.5) is 0 Å². The number of nitrogens with one attached hydrogen (secondary N) is 1. The first-order valence-electron chi connectivity index (χ1n) is 6.45. The molecule has 0 saturated heterocycles. The molecular formula is C15H17Br2NO2. The van der Waals surface area contributed by atoms with Crippen LogP contribution in [-0.4, -0.2) is 13.7 Å². The molecule has 0 bridgehead atoms.